The van der Waals surface area contributed by atoms with Gasteiger partial charge in [0.2, 0.25) is 0 Å². The van der Waals surface area contributed by atoms with E-state index in [4.69, 9.17) is 0 Å². The molecule has 3 nitrogen and oxygen atoms in total. The van der Waals surface area contributed by atoms with Gasteiger partial charge >= 0.3 is 0 Å². The molecule has 0 aliphatic carbocycles. The third-order valence-corrected chi connectivity index (χ3v) is 2.50. The quantitative estimate of drug-likeness (QED) is 0.454. The van der Waals surface area contributed by atoms with Crippen molar-refractivity contribution in [2.75, 3.05) is 0 Å². The van der Waals surface area contributed by atoms with Crippen LogP contribution >= 0.6 is 9.24 Å². The van der Waals surface area contributed by atoms with Gasteiger partial charge in [-0.1, -0.05) is 22.2 Å². The number of nitrogens with zero attached hydrogens (tertiary/aromatic N) is 1. The molecule has 0 aliphatic heterocycles. The third kappa shape index (κ3) is 2.72. The van der Waals surface area contributed by atoms with Gasteiger partial charge in [-0.05, 0) is 25.0 Å². The van der Waals surface area contributed by atoms with Gasteiger partial charge in [0.1, 0.15) is 0 Å². The van der Waals surface area contributed by atoms with E-state index in [0.29, 0.717) is 0 Å². The van der Waals surface area contributed by atoms with Crippen molar-refractivity contribution in [3.05, 3.63) is 39.4 Å². The second-order valence-electron chi connectivity index (χ2n) is 3.54. The predicted molar refractivity (Wildman–Crippen MR) is 60.6 cm³/mol. The first-order chi connectivity index (χ1) is 6.86. The third-order valence-electron chi connectivity index (χ3n) is 2.19. The van der Waals surface area contributed by atoms with Crippen LogP contribution in [0.25, 0.3) is 0 Å². The molecular formula is C10H13FNO2P. The van der Waals surface area contributed by atoms with Crippen molar-refractivity contribution in [3.8, 4) is 0 Å². The molecule has 15 heavy (non-hydrogen) atoms. The van der Waals surface area contributed by atoms with E-state index in [-0.39, 0.29) is 11.3 Å². The Balaban J connectivity index is 3.36. The summed E-state index contributed by atoms with van der Waals surface area (Å²) in [6, 6.07) is 4.55. The summed E-state index contributed by atoms with van der Waals surface area (Å²) in [6.07, 6.45) is 0.728. The van der Waals surface area contributed by atoms with Gasteiger partial charge in [0.25, 0.3) is 5.69 Å². The Kier molecular flexibility index (Phi) is 3.40. The first kappa shape index (κ1) is 12.1. The molecule has 0 bridgehead atoms. The van der Waals surface area contributed by atoms with Gasteiger partial charge in [-0.15, -0.1) is 0 Å². The highest BCUT2D eigenvalue weighted by Crippen LogP contribution is 2.38. The molecule has 0 radical (unpaired) electrons. The largest absolute Gasteiger partial charge is 0.276 e. The molecule has 0 saturated carbocycles. The summed E-state index contributed by atoms with van der Waals surface area (Å²) < 4.78 is 13.7. The minimum atomic E-state index is -1.77. The summed E-state index contributed by atoms with van der Waals surface area (Å²) in [7, 11) is 1.98. The van der Waals surface area contributed by atoms with Gasteiger partial charge in [-0.3, -0.25) is 10.1 Å². The monoisotopic (exact) mass is 229 g/mol. The molecule has 2 atom stereocenters. The van der Waals surface area contributed by atoms with Crippen LogP contribution in [0.4, 0.5) is 10.1 Å². The van der Waals surface area contributed by atoms with E-state index in [1.54, 1.807) is 12.1 Å². The fourth-order valence-corrected chi connectivity index (χ4v) is 1.59. The summed E-state index contributed by atoms with van der Waals surface area (Å²) in [5.41, 5.74) is 0.825. The fraction of sp³-hybridized carbons (Fsp3) is 0.400. The topological polar surface area (TPSA) is 43.1 Å². The molecule has 0 heterocycles. The highest BCUT2D eigenvalue weighted by atomic mass is 31.0. The zero-order chi connectivity index (χ0) is 11.6. The molecular weight excluding hydrogens is 216 g/mol. The number of hydrogen-bond donors (Lipinski definition) is 0. The standard InChI is InChI=1S/C10H13FNO2P/c1-3-7-4-5-9(12(13)14)8(6-7)10(2,11)15/h4-6H,3,15H2,1-2H3. The number of benzene rings is 1. The van der Waals surface area contributed by atoms with Crippen LogP contribution in [0, 0.1) is 10.1 Å². The van der Waals surface area contributed by atoms with Gasteiger partial charge in [0, 0.05) is 6.07 Å². The molecule has 0 aromatic heterocycles. The maximum atomic E-state index is 13.7. The van der Waals surface area contributed by atoms with Gasteiger partial charge in [-0.25, -0.2) is 4.39 Å². The van der Waals surface area contributed by atoms with Gasteiger partial charge < -0.3 is 0 Å². The second-order valence-corrected chi connectivity index (χ2v) is 4.62. The molecule has 0 amide bonds. The highest BCUT2D eigenvalue weighted by molar-refractivity contribution is 7.18. The van der Waals surface area contributed by atoms with Gasteiger partial charge in [0.15, 0.2) is 5.41 Å². The van der Waals surface area contributed by atoms with Crippen molar-refractivity contribution in [2.24, 2.45) is 0 Å². The zero-order valence-electron chi connectivity index (χ0n) is 8.66. The molecule has 5 heteroatoms. The van der Waals surface area contributed by atoms with Crippen molar-refractivity contribution in [2.45, 2.75) is 25.7 Å². The van der Waals surface area contributed by atoms with E-state index >= 15 is 0 Å². The number of alkyl halides is 1. The molecule has 0 spiro atoms. The van der Waals surface area contributed by atoms with Crippen LogP contribution in [0.5, 0.6) is 0 Å². The lowest BCUT2D eigenvalue weighted by molar-refractivity contribution is -0.386. The van der Waals surface area contributed by atoms with Crippen LogP contribution in [0.15, 0.2) is 18.2 Å². The van der Waals surface area contributed by atoms with Crippen LogP contribution in [-0.4, -0.2) is 4.92 Å². The molecule has 0 N–H and O–H groups in total. The molecule has 0 saturated heterocycles. The summed E-state index contributed by atoms with van der Waals surface area (Å²) in [4.78, 5) is 10.1. The molecule has 0 fully saturated rings. The average molecular weight is 229 g/mol. The Morgan fingerprint density at radius 2 is 2.20 bits per heavy atom. The SMILES string of the molecule is CCc1ccc([N+](=O)[O-])c(C(C)(F)P)c1. The zero-order valence-corrected chi connectivity index (χ0v) is 9.81. The average Bonchev–Trinajstić information content (AvgIpc) is 2.15. The van der Waals surface area contributed by atoms with Crippen LogP contribution < -0.4 is 0 Å². The van der Waals surface area contributed by atoms with E-state index in [1.165, 1.54) is 13.0 Å². The molecule has 1 aromatic rings. The first-order valence-corrected chi connectivity index (χ1v) is 5.19. The number of nitro benzene ring substituents is 1. The van der Waals surface area contributed by atoms with Crippen molar-refractivity contribution >= 4 is 14.9 Å². The number of nitro groups is 1. The Labute approximate surface area is 90.0 Å². The normalized spacial score (nSPS) is 14.7. The lowest BCUT2D eigenvalue weighted by Crippen LogP contribution is -2.09. The summed E-state index contributed by atoms with van der Waals surface area (Å²) in [5, 5.41) is 8.93. The molecule has 1 rings (SSSR count). The smallest absolute Gasteiger partial charge is 0.258 e. The second kappa shape index (κ2) is 4.23. The summed E-state index contributed by atoms with van der Waals surface area (Å²) >= 11 is 0. The van der Waals surface area contributed by atoms with Gasteiger partial charge in [-0.2, -0.15) is 0 Å². The number of rotatable bonds is 3. The first-order valence-electron chi connectivity index (χ1n) is 4.62. The number of hydrogen-bond acceptors (Lipinski definition) is 2. The van der Waals surface area contributed by atoms with Crippen LogP contribution in [0.2, 0.25) is 0 Å². The maximum Gasteiger partial charge on any atom is 0.276 e. The maximum absolute atomic E-state index is 13.7. The Bertz CT molecular complexity index is 387. The van der Waals surface area contributed by atoms with Crippen LogP contribution in [-0.2, 0) is 11.8 Å². The van der Waals surface area contributed by atoms with Crippen LogP contribution in [0.3, 0.4) is 0 Å². The van der Waals surface area contributed by atoms with E-state index in [1.807, 2.05) is 16.2 Å². The van der Waals surface area contributed by atoms with Gasteiger partial charge in [0.05, 0.1) is 10.5 Å². The molecule has 2 unspecified atom stereocenters. The molecule has 0 aliphatic rings. The van der Waals surface area contributed by atoms with Crippen molar-refractivity contribution in [1.82, 2.24) is 0 Å². The molecule has 1 aromatic carbocycles. The predicted octanol–water partition coefficient (Wildman–Crippen LogP) is 3.17. The van der Waals surface area contributed by atoms with E-state index in [2.05, 4.69) is 0 Å². The van der Waals surface area contributed by atoms with Crippen molar-refractivity contribution < 1.29 is 9.31 Å². The Morgan fingerprint density at radius 1 is 1.60 bits per heavy atom. The Morgan fingerprint density at radius 3 is 2.60 bits per heavy atom. The van der Waals surface area contributed by atoms with E-state index in [0.717, 1.165) is 12.0 Å². The number of aryl methyl sites for hydroxylation is 1. The van der Waals surface area contributed by atoms with Crippen molar-refractivity contribution in [1.29, 1.82) is 0 Å². The lowest BCUT2D eigenvalue weighted by Gasteiger charge is -2.15. The minimum absolute atomic E-state index is 0.108. The van der Waals surface area contributed by atoms with Crippen LogP contribution in [0.1, 0.15) is 25.0 Å². The lowest BCUT2D eigenvalue weighted by atomic mass is 10.0. The van der Waals surface area contributed by atoms with E-state index in [9.17, 15) is 14.5 Å². The summed E-state index contributed by atoms with van der Waals surface area (Å²) in [5.74, 6) is 0. The minimum Gasteiger partial charge on any atom is -0.258 e. The highest BCUT2D eigenvalue weighted by Gasteiger charge is 2.28. The Hall–Kier alpha value is -1.02. The molecule has 82 valence electrons. The van der Waals surface area contributed by atoms with Crippen molar-refractivity contribution in [3.63, 3.8) is 0 Å². The van der Waals surface area contributed by atoms with E-state index < -0.39 is 10.3 Å². The number of halogens is 1. The summed E-state index contributed by atoms with van der Waals surface area (Å²) in [6.45, 7) is 3.21. The fourth-order valence-electron chi connectivity index (χ4n) is 1.35.